The van der Waals surface area contributed by atoms with Crippen LogP contribution in [0.5, 0.6) is 0 Å². The Morgan fingerprint density at radius 1 is 0.727 bits per heavy atom. The minimum absolute atomic E-state index is 0.220. The molecule has 0 aliphatic heterocycles. The van der Waals surface area contributed by atoms with E-state index in [1.807, 2.05) is 0 Å². The van der Waals surface area contributed by atoms with E-state index in [0.717, 1.165) is 12.4 Å². The highest BCUT2D eigenvalue weighted by Gasteiger charge is 2.30. The molecule has 0 saturated heterocycles. The summed E-state index contributed by atoms with van der Waals surface area (Å²) in [6.07, 6.45) is -7.95. The van der Waals surface area contributed by atoms with Gasteiger partial charge in [0.15, 0.2) is 0 Å². The fourth-order valence-corrected chi connectivity index (χ4v) is 1.67. The van der Waals surface area contributed by atoms with Crippen molar-refractivity contribution in [3.63, 3.8) is 0 Å². The highest BCUT2D eigenvalue weighted by Crippen LogP contribution is 2.21. The van der Waals surface area contributed by atoms with Crippen LogP contribution in [0.25, 0.3) is 0 Å². The van der Waals surface area contributed by atoms with Crippen molar-refractivity contribution in [1.29, 1.82) is 0 Å². The summed E-state index contributed by atoms with van der Waals surface area (Å²) in [5.74, 6) is 0. The molecule has 0 radical (unpaired) electrons. The van der Waals surface area contributed by atoms with Crippen LogP contribution in [0.1, 0.15) is 23.6 Å². The zero-order chi connectivity index (χ0) is 16.9. The first-order valence-corrected chi connectivity index (χ1v) is 6.45. The van der Waals surface area contributed by atoms with E-state index in [0.29, 0.717) is 0 Å². The molecule has 22 heavy (non-hydrogen) atoms. The lowest BCUT2D eigenvalue weighted by Crippen LogP contribution is -2.36. The molecule has 0 aliphatic rings. The zero-order valence-corrected chi connectivity index (χ0v) is 11.5. The molecule has 10 nitrogen and oxygen atoms in total. The van der Waals surface area contributed by atoms with E-state index in [4.69, 9.17) is 10.2 Å². The molecule has 0 bridgehead atoms. The van der Waals surface area contributed by atoms with E-state index >= 15 is 0 Å². The van der Waals surface area contributed by atoms with Crippen molar-refractivity contribution < 1.29 is 40.9 Å². The molecule has 1 heterocycles. The van der Waals surface area contributed by atoms with E-state index in [1.165, 1.54) is 0 Å². The molecule has 1 rings (SSSR count). The van der Waals surface area contributed by atoms with Gasteiger partial charge in [0.2, 0.25) is 0 Å². The van der Waals surface area contributed by atoms with Gasteiger partial charge in [-0.1, -0.05) is 0 Å². The zero-order valence-electron chi connectivity index (χ0n) is 11.5. The smallest absolute Gasteiger partial charge is 0.126 e. The lowest BCUT2D eigenvalue weighted by molar-refractivity contribution is -0.0826. The van der Waals surface area contributed by atoms with Gasteiger partial charge in [0.1, 0.15) is 36.6 Å². The van der Waals surface area contributed by atoms with Crippen LogP contribution in [-0.2, 0) is 0 Å². The third kappa shape index (κ3) is 4.38. The molecule has 0 unspecified atom stereocenters. The second kappa shape index (κ2) is 8.41. The van der Waals surface area contributed by atoms with Crippen molar-refractivity contribution in [3.05, 3.63) is 23.8 Å². The Morgan fingerprint density at radius 3 is 1.41 bits per heavy atom. The SMILES string of the molecule is OC[C@@H](O)[C@@H](O)[C@@H](O)c1cncc([C@H](O)[C@H](O)[C@H](O)CO)n1. The van der Waals surface area contributed by atoms with Gasteiger partial charge in [-0.15, -0.1) is 0 Å². The molecule has 0 amide bonds. The molecule has 0 aromatic carbocycles. The van der Waals surface area contributed by atoms with Crippen LogP contribution in [-0.4, -0.2) is 88.4 Å². The summed E-state index contributed by atoms with van der Waals surface area (Å²) >= 11 is 0. The van der Waals surface area contributed by atoms with Gasteiger partial charge >= 0.3 is 0 Å². The molecule has 6 atom stereocenters. The van der Waals surface area contributed by atoms with E-state index in [2.05, 4.69) is 9.97 Å². The van der Waals surface area contributed by atoms with Crippen LogP contribution in [0.3, 0.4) is 0 Å². The summed E-state index contributed by atoms with van der Waals surface area (Å²) in [7, 11) is 0. The fraction of sp³-hybridized carbons (Fsp3) is 0.667. The van der Waals surface area contributed by atoms with Gasteiger partial charge in [-0.3, -0.25) is 4.98 Å². The number of nitrogens with zero attached hydrogens (tertiary/aromatic N) is 2. The molecule has 126 valence electrons. The molecular weight excluding hydrogens is 300 g/mol. The number of rotatable bonds is 8. The summed E-state index contributed by atoms with van der Waals surface area (Å²) in [5, 5.41) is 74.8. The third-order valence-corrected chi connectivity index (χ3v) is 3.09. The Morgan fingerprint density at radius 2 is 1.09 bits per heavy atom. The lowest BCUT2D eigenvalue weighted by atomic mass is 10.0. The Balaban J connectivity index is 2.94. The van der Waals surface area contributed by atoms with Crippen molar-refractivity contribution >= 4 is 0 Å². The van der Waals surface area contributed by atoms with Gasteiger partial charge in [-0.2, -0.15) is 0 Å². The van der Waals surface area contributed by atoms with Crippen LogP contribution < -0.4 is 0 Å². The Hall–Kier alpha value is -1.24. The predicted octanol–water partition coefficient (Wildman–Crippen LogP) is -4.03. The van der Waals surface area contributed by atoms with Crippen molar-refractivity contribution in [2.75, 3.05) is 13.2 Å². The van der Waals surface area contributed by atoms with Gasteiger partial charge in [0, 0.05) is 0 Å². The van der Waals surface area contributed by atoms with E-state index in [1.54, 1.807) is 0 Å². The van der Waals surface area contributed by atoms with E-state index < -0.39 is 49.8 Å². The molecule has 1 aromatic heterocycles. The van der Waals surface area contributed by atoms with Gasteiger partial charge in [-0.25, -0.2) is 4.98 Å². The maximum atomic E-state index is 9.83. The lowest BCUT2D eigenvalue weighted by Gasteiger charge is -2.23. The van der Waals surface area contributed by atoms with Gasteiger partial charge in [-0.05, 0) is 0 Å². The van der Waals surface area contributed by atoms with Crippen molar-refractivity contribution in [2.45, 2.75) is 36.6 Å². The predicted molar refractivity (Wildman–Crippen MR) is 70.2 cm³/mol. The van der Waals surface area contributed by atoms with Gasteiger partial charge < -0.3 is 40.9 Å². The van der Waals surface area contributed by atoms with E-state index in [9.17, 15) is 30.6 Å². The topological polar surface area (TPSA) is 188 Å². The van der Waals surface area contributed by atoms with Gasteiger partial charge in [0.05, 0.1) is 37.0 Å². The number of hydrogen-bond acceptors (Lipinski definition) is 10. The van der Waals surface area contributed by atoms with Crippen LogP contribution in [0, 0.1) is 0 Å². The number of aliphatic hydroxyl groups excluding tert-OH is 8. The maximum Gasteiger partial charge on any atom is 0.126 e. The summed E-state index contributed by atoms with van der Waals surface area (Å²) in [6, 6.07) is 0. The molecule has 8 N–H and O–H groups in total. The van der Waals surface area contributed by atoms with Crippen LogP contribution in [0.2, 0.25) is 0 Å². The average molecular weight is 320 g/mol. The second-order valence-corrected chi connectivity index (χ2v) is 4.74. The highest BCUT2D eigenvalue weighted by molar-refractivity contribution is 5.11. The number of hydrogen-bond donors (Lipinski definition) is 8. The first-order chi connectivity index (χ1) is 10.3. The van der Waals surface area contributed by atoms with E-state index in [-0.39, 0.29) is 11.4 Å². The normalized spacial score (nSPS) is 20.0. The van der Waals surface area contributed by atoms with Crippen molar-refractivity contribution in [2.24, 2.45) is 0 Å². The second-order valence-electron chi connectivity index (χ2n) is 4.74. The number of aromatic nitrogens is 2. The highest BCUT2D eigenvalue weighted by atomic mass is 16.4. The van der Waals surface area contributed by atoms with Crippen molar-refractivity contribution in [1.82, 2.24) is 9.97 Å². The Labute approximate surface area is 125 Å². The van der Waals surface area contributed by atoms with Gasteiger partial charge in [0.25, 0.3) is 0 Å². The van der Waals surface area contributed by atoms with Crippen LogP contribution in [0.15, 0.2) is 12.4 Å². The summed E-state index contributed by atoms with van der Waals surface area (Å²) < 4.78 is 0. The Kier molecular flexibility index (Phi) is 7.19. The molecule has 0 fully saturated rings. The van der Waals surface area contributed by atoms with Crippen molar-refractivity contribution in [3.8, 4) is 0 Å². The summed E-state index contributed by atoms with van der Waals surface area (Å²) in [5.41, 5.74) is -0.440. The minimum atomic E-state index is -1.74. The molecule has 0 aliphatic carbocycles. The van der Waals surface area contributed by atoms with Crippen LogP contribution >= 0.6 is 0 Å². The fourth-order valence-electron chi connectivity index (χ4n) is 1.67. The van der Waals surface area contributed by atoms with Crippen LogP contribution in [0.4, 0.5) is 0 Å². The molecule has 0 spiro atoms. The molecule has 1 aromatic rings. The third-order valence-electron chi connectivity index (χ3n) is 3.09. The quantitative estimate of drug-likeness (QED) is 0.234. The number of aliphatic hydroxyl groups is 8. The standard InChI is InChI=1S/C12H20N2O8/c15-3-7(17)11(21)9(19)5-1-13-2-6(14-5)10(20)12(22)8(18)4-16/h1-2,7-12,15-22H,3-4H2/t7-,8-,9+,10+,11-,12-/m1/s1. The first-order valence-electron chi connectivity index (χ1n) is 6.45. The largest absolute Gasteiger partial charge is 0.394 e. The molecular formula is C12H20N2O8. The monoisotopic (exact) mass is 320 g/mol. The summed E-state index contributed by atoms with van der Waals surface area (Å²) in [6.45, 7) is -1.56. The maximum absolute atomic E-state index is 9.83. The molecule has 10 heteroatoms. The average Bonchev–Trinajstić information content (AvgIpc) is 2.57. The summed E-state index contributed by atoms with van der Waals surface area (Å²) in [4.78, 5) is 7.45. The Bertz CT molecular complexity index is 425. The first kappa shape index (κ1) is 18.8. The minimum Gasteiger partial charge on any atom is -0.394 e. The molecule has 0 saturated carbocycles.